The molecule has 0 amide bonds. The minimum Gasteiger partial charge on any atom is -0.315 e. The molecule has 0 bridgehead atoms. The number of nitrogens with zero attached hydrogens (tertiary/aromatic N) is 1. The van der Waals surface area contributed by atoms with Gasteiger partial charge in [0, 0.05) is 16.3 Å². The molecule has 1 aromatic heterocycles. The Bertz CT molecular complexity index is 596. The van der Waals surface area contributed by atoms with Crippen LogP contribution in [-0.2, 0) is 6.42 Å². The standard InChI is InChI=1S/C18H26N2S/c1-19-17(18(20(2)3)10-6-7-11-18)12-14-13-21-16-9-5-4-8-15(14)16/h4-5,8-9,13,17,19H,6-7,10-12H2,1-3H3. The van der Waals surface area contributed by atoms with Crippen LogP contribution in [0, 0.1) is 0 Å². The molecule has 0 aliphatic heterocycles. The molecular weight excluding hydrogens is 276 g/mol. The van der Waals surface area contributed by atoms with Crippen molar-refractivity contribution < 1.29 is 0 Å². The fraction of sp³-hybridized carbons (Fsp3) is 0.556. The van der Waals surface area contributed by atoms with Gasteiger partial charge in [-0.25, -0.2) is 0 Å². The molecule has 21 heavy (non-hydrogen) atoms. The topological polar surface area (TPSA) is 15.3 Å². The van der Waals surface area contributed by atoms with E-state index in [9.17, 15) is 0 Å². The summed E-state index contributed by atoms with van der Waals surface area (Å²) in [5, 5.41) is 7.43. The largest absolute Gasteiger partial charge is 0.315 e. The molecule has 1 N–H and O–H groups in total. The van der Waals surface area contributed by atoms with Gasteiger partial charge in [0.05, 0.1) is 0 Å². The lowest BCUT2D eigenvalue weighted by Gasteiger charge is -2.43. The maximum absolute atomic E-state index is 3.63. The zero-order valence-electron chi connectivity index (χ0n) is 13.4. The van der Waals surface area contributed by atoms with Crippen molar-refractivity contribution in [3.8, 4) is 0 Å². The van der Waals surface area contributed by atoms with Crippen LogP contribution in [0.3, 0.4) is 0 Å². The monoisotopic (exact) mass is 302 g/mol. The quantitative estimate of drug-likeness (QED) is 0.901. The molecule has 1 heterocycles. The summed E-state index contributed by atoms with van der Waals surface area (Å²) in [4.78, 5) is 2.47. The Kier molecular flexibility index (Phi) is 4.34. The number of benzene rings is 1. The molecule has 3 rings (SSSR count). The minimum absolute atomic E-state index is 0.317. The van der Waals surface area contributed by atoms with E-state index in [0.717, 1.165) is 6.42 Å². The first-order valence-corrected chi connectivity index (χ1v) is 8.85. The summed E-state index contributed by atoms with van der Waals surface area (Å²) in [6, 6.07) is 9.31. The highest BCUT2D eigenvalue weighted by Crippen LogP contribution is 2.39. The SMILES string of the molecule is CNC(Cc1csc2ccccc12)C1(N(C)C)CCCC1. The van der Waals surface area contributed by atoms with Gasteiger partial charge in [0.2, 0.25) is 0 Å². The molecule has 1 saturated carbocycles. The van der Waals surface area contributed by atoms with Gasteiger partial charge >= 0.3 is 0 Å². The van der Waals surface area contributed by atoms with Gasteiger partial charge in [0.1, 0.15) is 0 Å². The van der Waals surface area contributed by atoms with Crippen molar-refractivity contribution in [2.45, 2.75) is 43.7 Å². The third-order valence-corrected chi connectivity index (χ3v) is 6.35. The lowest BCUT2D eigenvalue weighted by Crippen LogP contribution is -2.57. The van der Waals surface area contributed by atoms with E-state index >= 15 is 0 Å². The second-order valence-electron chi connectivity index (χ2n) is 6.51. The predicted molar refractivity (Wildman–Crippen MR) is 93.3 cm³/mol. The van der Waals surface area contributed by atoms with E-state index in [0.29, 0.717) is 11.6 Å². The molecule has 0 spiro atoms. The van der Waals surface area contributed by atoms with Gasteiger partial charge in [0.25, 0.3) is 0 Å². The highest BCUT2D eigenvalue weighted by molar-refractivity contribution is 7.17. The van der Waals surface area contributed by atoms with E-state index in [1.165, 1.54) is 41.3 Å². The van der Waals surface area contributed by atoms with Gasteiger partial charge < -0.3 is 10.2 Å². The van der Waals surface area contributed by atoms with Crippen molar-refractivity contribution in [2.24, 2.45) is 0 Å². The Labute approximate surface area is 132 Å². The highest BCUT2D eigenvalue weighted by Gasteiger charge is 2.42. The van der Waals surface area contributed by atoms with Gasteiger partial charge in [0.15, 0.2) is 0 Å². The van der Waals surface area contributed by atoms with Gasteiger partial charge in [-0.15, -0.1) is 11.3 Å². The summed E-state index contributed by atoms with van der Waals surface area (Å²) >= 11 is 1.87. The predicted octanol–water partition coefficient (Wildman–Crippen LogP) is 3.91. The number of likely N-dealkylation sites (N-methyl/N-ethyl adjacent to an activating group) is 2. The van der Waals surface area contributed by atoms with Crippen LogP contribution in [-0.4, -0.2) is 37.6 Å². The first kappa shape index (κ1) is 15.0. The average Bonchev–Trinajstić information content (AvgIpc) is 3.13. The fourth-order valence-corrected chi connectivity index (χ4v) is 5.04. The summed E-state index contributed by atoms with van der Waals surface area (Å²) < 4.78 is 1.41. The molecule has 1 aliphatic carbocycles. The molecule has 0 saturated heterocycles. The number of thiophene rings is 1. The third kappa shape index (κ3) is 2.63. The van der Waals surface area contributed by atoms with Crippen LogP contribution in [0.1, 0.15) is 31.2 Å². The smallest absolute Gasteiger partial charge is 0.0359 e. The maximum Gasteiger partial charge on any atom is 0.0359 e. The fourth-order valence-electron chi connectivity index (χ4n) is 4.07. The summed E-state index contributed by atoms with van der Waals surface area (Å²) in [5.74, 6) is 0. The number of fused-ring (bicyclic) bond motifs is 1. The summed E-state index contributed by atoms with van der Waals surface area (Å²) in [6.45, 7) is 0. The zero-order chi connectivity index (χ0) is 14.9. The molecule has 2 nitrogen and oxygen atoms in total. The van der Waals surface area contributed by atoms with Crippen molar-refractivity contribution in [3.05, 3.63) is 35.2 Å². The molecule has 1 fully saturated rings. The van der Waals surface area contributed by atoms with Crippen molar-refractivity contribution in [3.63, 3.8) is 0 Å². The van der Waals surface area contributed by atoms with Crippen LogP contribution in [0.5, 0.6) is 0 Å². The van der Waals surface area contributed by atoms with Crippen molar-refractivity contribution in [2.75, 3.05) is 21.1 Å². The Morgan fingerprint density at radius 3 is 2.62 bits per heavy atom. The normalized spacial score (nSPS) is 19.4. The average molecular weight is 302 g/mol. The second-order valence-corrected chi connectivity index (χ2v) is 7.42. The first-order valence-electron chi connectivity index (χ1n) is 7.97. The second kappa shape index (κ2) is 6.07. The summed E-state index contributed by atoms with van der Waals surface area (Å²) in [7, 11) is 6.63. The van der Waals surface area contributed by atoms with E-state index in [2.05, 4.69) is 61.0 Å². The lowest BCUT2D eigenvalue weighted by molar-refractivity contribution is 0.108. The van der Waals surface area contributed by atoms with Crippen LogP contribution in [0.4, 0.5) is 0 Å². The van der Waals surface area contributed by atoms with E-state index in [-0.39, 0.29) is 0 Å². The van der Waals surface area contributed by atoms with Crippen molar-refractivity contribution in [1.82, 2.24) is 10.2 Å². The minimum atomic E-state index is 0.317. The third-order valence-electron chi connectivity index (χ3n) is 5.34. The van der Waals surface area contributed by atoms with Crippen molar-refractivity contribution >= 4 is 21.4 Å². The Balaban J connectivity index is 1.90. The molecule has 3 heteroatoms. The van der Waals surface area contributed by atoms with Crippen molar-refractivity contribution in [1.29, 1.82) is 0 Å². The van der Waals surface area contributed by atoms with Gasteiger partial charge in [-0.2, -0.15) is 0 Å². The number of hydrogen-bond acceptors (Lipinski definition) is 3. The Morgan fingerprint density at radius 1 is 1.24 bits per heavy atom. The van der Waals surface area contributed by atoms with Gasteiger partial charge in [-0.05, 0) is 62.8 Å². The number of rotatable bonds is 5. The van der Waals surface area contributed by atoms with Crippen LogP contribution in [0.15, 0.2) is 29.6 Å². The van der Waals surface area contributed by atoms with E-state index in [1.807, 2.05) is 11.3 Å². The summed E-state index contributed by atoms with van der Waals surface area (Å²) in [5.41, 5.74) is 1.82. The van der Waals surface area contributed by atoms with Gasteiger partial charge in [-0.1, -0.05) is 31.0 Å². The molecular formula is C18H26N2S. The molecule has 1 aliphatic rings. The first-order chi connectivity index (χ1) is 10.2. The highest BCUT2D eigenvalue weighted by atomic mass is 32.1. The van der Waals surface area contributed by atoms with Crippen LogP contribution in [0.25, 0.3) is 10.1 Å². The van der Waals surface area contributed by atoms with E-state index in [1.54, 1.807) is 0 Å². The number of nitrogens with one attached hydrogen (secondary N) is 1. The number of hydrogen-bond donors (Lipinski definition) is 1. The molecule has 2 aromatic rings. The Morgan fingerprint density at radius 2 is 1.95 bits per heavy atom. The molecule has 114 valence electrons. The van der Waals surface area contributed by atoms with E-state index < -0.39 is 0 Å². The van der Waals surface area contributed by atoms with Crippen LogP contribution < -0.4 is 5.32 Å². The maximum atomic E-state index is 3.63. The van der Waals surface area contributed by atoms with Gasteiger partial charge in [-0.3, -0.25) is 0 Å². The Hall–Kier alpha value is -0.900. The summed E-state index contributed by atoms with van der Waals surface area (Å²) in [6.07, 6.45) is 6.47. The van der Waals surface area contributed by atoms with Crippen LogP contribution in [0.2, 0.25) is 0 Å². The zero-order valence-corrected chi connectivity index (χ0v) is 14.2. The molecule has 1 atom stereocenters. The molecule has 1 unspecified atom stereocenters. The van der Waals surface area contributed by atoms with Crippen LogP contribution >= 0.6 is 11.3 Å². The van der Waals surface area contributed by atoms with E-state index in [4.69, 9.17) is 0 Å². The molecule has 1 aromatic carbocycles. The lowest BCUT2D eigenvalue weighted by atomic mass is 9.83. The molecule has 0 radical (unpaired) electrons.